The van der Waals surface area contributed by atoms with Crippen molar-refractivity contribution in [3.63, 3.8) is 0 Å². The van der Waals surface area contributed by atoms with Gasteiger partial charge in [0, 0.05) is 12.5 Å². The van der Waals surface area contributed by atoms with Crippen molar-refractivity contribution in [2.75, 3.05) is 13.2 Å². The van der Waals surface area contributed by atoms with Crippen LogP contribution in [0.25, 0.3) is 11.1 Å². The second-order valence-electron chi connectivity index (χ2n) is 7.72. The van der Waals surface area contributed by atoms with E-state index in [1.807, 2.05) is 48.5 Å². The number of hydrogen-bond acceptors (Lipinski definition) is 7. The minimum absolute atomic E-state index is 0.0853. The number of amides is 1. The Kier molecular flexibility index (Phi) is 6.25. The van der Waals surface area contributed by atoms with E-state index in [1.165, 1.54) is 0 Å². The molecule has 3 aromatic rings. The first-order valence-corrected chi connectivity index (χ1v) is 10.3. The Morgan fingerprint density at radius 1 is 1.03 bits per heavy atom. The fraction of sp³-hybridized carbons (Fsp3) is 0.208. The van der Waals surface area contributed by atoms with Crippen molar-refractivity contribution >= 4 is 11.8 Å². The molecule has 0 radical (unpaired) electrons. The van der Waals surface area contributed by atoms with Crippen LogP contribution < -0.4 is 5.32 Å². The summed E-state index contributed by atoms with van der Waals surface area (Å²) in [5.41, 5.74) is 3.58. The number of carbonyl (C=O) groups is 1. The Bertz CT molecular complexity index is 1150. The highest BCUT2D eigenvalue weighted by atomic mass is 16.6. The number of aliphatic hydroxyl groups is 2. The van der Waals surface area contributed by atoms with Gasteiger partial charge in [0.1, 0.15) is 24.6 Å². The SMILES string of the molecule is O=C(NCC(O)C(O)c1ccc(O)cc1[N+](=O)[O-])OCC1c2ccccc2-c2ccccc21. The third-order valence-electron chi connectivity index (χ3n) is 5.69. The van der Waals surface area contributed by atoms with E-state index in [0.29, 0.717) is 0 Å². The Hall–Kier alpha value is -3.95. The Morgan fingerprint density at radius 3 is 2.24 bits per heavy atom. The lowest BCUT2D eigenvalue weighted by molar-refractivity contribution is -0.386. The lowest BCUT2D eigenvalue weighted by Gasteiger charge is -2.19. The molecule has 1 aliphatic rings. The van der Waals surface area contributed by atoms with Gasteiger partial charge < -0.3 is 25.4 Å². The average molecular weight is 450 g/mol. The van der Waals surface area contributed by atoms with E-state index in [4.69, 9.17) is 4.74 Å². The molecule has 0 saturated heterocycles. The highest BCUT2D eigenvalue weighted by Crippen LogP contribution is 2.44. The normalized spacial score (nSPS) is 14.1. The molecule has 0 aliphatic heterocycles. The van der Waals surface area contributed by atoms with Crippen LogP contribution in [-0.4, -0.2) is 45.6 Å². The second kappa shape index (κ2) is 9.27. The number of fused-ring (bicyclic) bond motifs is 3. The smallest absolute Gasteiger partial charge is 0.407 e. The third kappa shape index (κ3) is 4.50. The van der Waals surface area contributed by atoms with E-state index in [2.05, 4.69) is 5.32 Å². The molecule has 33 heavy (non-hydrogen) atoms. The number of benzene rings is 3. The zero-order valence-corrected chi connectivity index (χ0v) is 17.4. The standard InChI is InChI=1S/C24H22N2O7/c27-14-9-10-19(21(11-14)26(31)32)23(29)22(28)12-25-24(30)33-13-20-17-7-3-1-5-15(17)16-6-2-4-8-18(16)20/h1-11,20,22-23,27-29H,12-13H2,(H,25,30). The van der Waals surface area contributed by atoms with Gasteiger partial charge in [0.2, 0.25) is 0 Å². The number of phenols is 1. The second-order valence-corrected chi connectivity index (χ2v) is 7.72. The lowest BCUT2D eigenvalue weighted by atomic mass is 9.98. The molecule has 2 atom stereocenters. The minimum atomic E-state index is -1.65. The van der Waals surface area contributed by atoms with Crippen LogP contribution in [-0.2, 0) is 4.74 Å². The van der Waals surface area contributed by atoms with E-state index in [0.717, 1.165) is 40.5 Å². The molecule has 170 valence electrons. The maximum Gasteiger partial charge on any atom is 0.407 e. The van der Waals surface area contributed by atoms with Crippen LogP contribution in [0.5, 0.6) is 5.75 Å². The summed E-state index contributed by atoms with van der Waals surface area (Å²) < 4.78 is 5.37. The molecule has 0 bridgehead atoms. The number of phenolic OH excluding ortho intramolecular Hbond substituents is 1. The first kappa shape index (κ1) is 22.3. The van der Waals surface area contributed by atoms with E-state index >= 15 is 0 Å². The largest absolute Gasteiger partial charge is 0.508 e. The summed E-state index contributed by atoms with van der Waals surface area (Å²) in [5.74, 6) is -0.470. The summed E-state index contributed by atoms with van der Waals surface area (Å²) in [7, 11) is 0. The Morgan fingerprint density at radius 2 is 1.64 bits per heavy atom. The quantitative estimate of drug-likeness (QED) is 0.320. The number of nitrogens with zero attached hydrogens (tertiary/aromatic N) is 1. The predicted molar refractivity (Wildman–Crippen MR) is 119 cm³/mol. The van der Waals surface area contributed by atoms with Gasteiger partial charge in [-0.1, -0.05) is 48.5 Å². The number of nitro groups is 1. The number of aromatic hydroxyl groups is 1. The number of nitrogens with one attached hydrogen (secondary N) is 1. The monoisotopic (exact) mass is 450 g/mol. The number of carbonyl (C=O) groups excluding carboxylic acids is 1. The third-order valence-corrected chi connectivity index (χ3v) is 5.69. The average Bonchev–Trinajstić information content (AvgIpc) is 3.14. The summed E-state index contributed by atoms with van der Waals surface area (Å²) in [4.78, 5) is 22.6. The first-order chi connectivity index (χ1) is 15.9. The minimum Gasteiger partial charge on any atom is -0.508 e. The number of hydrogen-bond donors (Lipinski definition) is 4. The van der Waals surface area contributed by atoms with Crippen LogP contribution in [0.15, 0.2) is 66.7 Å². The zero-order valence-electron chi connectivity index (χ0n) is 17.4. The Labute approximate surface area is 189 Å². The number of aliphatic hydroxyl groups excluding tert-OH is 2. The van der Waals surface area contributed by atoms with Gasteiger partial charge in [-0.05, 0) is 34.4 Å². The van der Waals surface area contributed by atoms with Gasteiger partial charge in [0.05, 0.1) is 16.6 Å². The van der Waals surface area contributed by atoms with E-state index in [-0.39, 0.29) is 23.8 Å². The van der Waals surface area contributed by atoms with Crippen LogP contribution in [0.2, 0.25) is 0 Å². The molecule has 2 unspecified atom stereocenters. The number of ether oxygens (including phenoxy) is 1. The molecule has 0 aromatic heterocycles. The highest BCUT2D eigenvalue weighted by Gasteiger charge is 2.30. The van der Waals surface area contributed by atoms with Crippen molar-refractivity contribution in [3.8, 4) is 16.9 Å². The molecule has 9 nitrogen and oxygen atoms in total. The Balaban J connectivity index is 1.36. The van der Waals surface area contributed by atoms with Crippen LogP contribution in [0, 0.1) is 10.1 Å². The summed E-state index contributed by atoms with van der Waals surface area (Å²) in [6.45, 7) is -0.308. The molecule has 0 heterocycles. The topological polar surface area (TPSA) is 142 Å². The molecule has 1 aliphatic carbocycles. The number of alkyl carbamates (subject to hydrolysis) is 1. The van der Waals surface area contributed by atoms with Crippen LogP contribution in [0.4, 0.5) is 10.5 Å². The van der Waals surface area contributed by atoms with Gasteiger partial charge >= 0.3 is 6.09 Å². The van der Waals surface area contributed by atoms with Crippen molar-refractivity contribution < 1.29 is 29.8 Å². The zero-order chi connectivity index (χ0) is 23.5. The number of rotatable bonds is 7. The van der Waals surface area contributed by atoms with Gasteiger partial charge in [-0.2, -0.15) is 0 Å². The van der Waals surface area contributed by atoms with Crippen molar-refractivity contribution in [2.45, 2.75) is 18.1 Å². The molecular weight excluding hydrogens is 428 g/mol. The van der Waals surface area contributed by atoms with Gasteiger partial charge in [-0.3, -0.25) is 10.1 Å². The van der Waals surface area contributed by atoms with Crippen LogP contribution >= 0.6 is 0 Å². The van der Waals surface area contributed by atoms with Crippen molar-refractivity contribution in [3.05, 3.63) is 93.5 Å². The van der Waals surface area contributed by atoms with E-state index < -0.39 is 35.5 Å². The fourth-order valence-electron chi connectivity index (χ4n) is 4.10. The fourth-order valence-corrected chi connectivity index (χ4v) is 4.10. The molecule has 0 saturated carbocycles. The van der Waals surface area contributed by atoms with E-state index in [1.54, 1.807) is 0 Å². The molecule has 1 amide bonds. The summed E-state index contributed by atoms with van der Waals surface area (Å²) in [6.07, 6.45) is -3.98. The van der Waals surface area contributed by atoms with Crippen molar-refractivity contribution in [1.29, 1.82) is 0 Å². The van der Waals surface area contributed by atoms with Gasteiger partial charge in [0.25, 0.3) is 5.69 Å². The summed E-state index contributed by atoms with van der Waals surface area (Å²) in [6, 6.07) is 19.0. The van der Waals surface area contributed by atoms with Crippen molar-refractivity contribution in [1.82, 2.24) is 5.32 Å². The summed E-state index contributed by atoms with van der Waals surface area (Å²) >= 11 is 0. The molecule has 4 N–H and O–H groups in total. The van der Waals surface area contributed by atoms with Gasteiger partial charge in [0.15, 0.2) is 0 Å². The molecular formula is C24H22N2O7. The maximum atomic E-state index is 12.2. The predicted octanol–water partition coefficient (Wildman–Crippen LogP) is 3.23. The molecule has 0 spiro atoms. The van der Waals surface area contributed by atoms with Gasteiger partial charge in [-0.15, -0.1) is 0 Å². The van der Waals surface area contributed by atoms with E-state index in [9.17, 15) is 30.2 Å². The lowest BCUT2D eigenvalue weighted by Crippen LogP contribution is -2.36. The summed E-state index contributed by atoms with van der Waals surface area (Å²) in [5, 5.41) is 43.5. The molecule has 3 aromatic carbocycles. The van der Waals surface area contributed by atoms with Crippen LogP contribution in [0.3, 0.4) is 0 Å². The highest BCUT2D eigenvalue weighted by molar-refractivity contribution is 5.79. The number of nitro benzene ring substituents is 1. The molecule has 0 fully saturated rings. The molecule has 9 heteroatoms. The van der Waals surface area contributed by atoms with Gasteiger partial charge in [-0.25, -0.2) is 4.79 Å². The van der Waals surface area contributed by atoms with Crippen LogP contribution in [0.1, 0.15) is 28.7 Å². The first-order valence-electron chi connectivity index (χ1n) is 10.3. The molecule has 4 rings (SSSR count). The maximum absolute atomic E-state index is 12.2. The van der Waals surface area contributed by atoms with Crippen molar-refractivity contribution in [2.24, 2.45) is 0 Å².